The lowest BCUT2D eigenvalue weighted by Crippen LogP contribution is -2.44. The summed E-state index contributed by atoms with van der Waals surface area (Å²) in [6, 6.07) is -0.750. The molecule has 0 aliphatic rings. The van der Waals surface area contributed by atoms with Crippen molar-refractivity contribution in [3.8, 4) is 0 Å². The highest BCUT2D eigenvalue weighted by Gasteiger charge is 2.24. The van der Waals surface area contributed by atoms with Crippen LogP contribution in [-0.2, 0) is 19.1 Å². The Kier molecular flexibility index (Phi) is 9.84. The van der Waals surface area contributed by atoms with Crippen molar-refractivity contribution in [3.05, 3.63) is 0 Å². The van der Waals surface area contributed by atoms with E-state index in [9.17, 15) is 14.4 Å². The van der Waals surface area contributed by atoms with Gasteiger partial charge in [-0.25, -0.2) is 0 Å². The molecule has 116 valence electrons. The average molecular weight is 287 g/mol. The summed E-state index contributed by atoms with van der Waals surface area (Å²) in [5.41, 5.74) is 0. The Morgan fingerprint density at radius 1 is 1.15 bits per heavy atom. The number of rotatable bonds is 11. The number of Topliss-reactive ketones (excluding diaryl/α,β-unsaturated/α-hetero) is 2. The molecule has 0 aromatic carbocycles. The van der Waals surface area contributed by atoms with E-state index in [1.54, 1.807) is 13.8 Å². The van der Waals surface area contributed by atoms with E-state index in [-0.39, 0.29) is 18.4 Å². The number of nitrogens with one attached hydrogen (secondary N) is 1. The minimum atomic E-state index is -0.750. The number of aliphatic hydroxyl groups excluding tert-OH is 1. The second-order valence-electron chi connectivity index (χ2n) is 4.97. The van der Waals surface area contributed by atoms with Crippen molar-refractivity contribution in [1.29, 1.82) is 0 Å². The third kappa shape index (κ3) is 8.01. The van der Waals surface area contributed by atoms with Crippen LogP contribution >= 0.6 is 0 Å². The number of carbonyl (C=O) groups excluding carboxylic acids is 3. The largest absolute Gasteiger partial charge is 0.394 e. The van der Waals surface area contributed by atoms with E-state index in [4.69, 9.17) is 9.84 Å². The number of ether oxygens (including phenoxy) is 1. The lowest BCUT2D eigenvalue weighted by molar-refractivity contribution is -0.138. The molecular weight excluding hydrogens is 262 g/mol. The van der Waals surface area contributed by atoms with Gasteiger partial charge in [0.25, 0.3) is 0 Å². The molecule has 6 nitrogen and oxygen atoms in total. The molecular formula is C14H25NO5. The zero-order valence-corrected chi connectivity index (χ0v) is 12.5. The minimum Gasteiger partial charge on any atom is -0.394 e. The molecule has 20 heavy (non-hydrogen) atoms. The van der Waals surface area contributed by atoms with Crippen LogP contribution in [0, 0.1) is 5.92 Å². The second-order valence-corrected chi connectivity index (χ2v) is 4.97. The lowest BCUT2D eigenvalue weighted by Gasteiger charge is -2.17. The van der Waals surface area contributed by atoms with Crippen LogP contribution in [0.3, 0.4) is 0 Å². The molecule has 6 heteroatoms. The first-order valence-electron chi connectivity index (χ1n) is 6.93. The maximum atomic E-state index is 11.7. The molecule has 0 aliphatic heterocycles. The Hall–Kier alpha value is -1.27. The first-order valence-corrected chi connectivity index (χ1v) is 6.93. The predicted molar refractivity (Wildman–Crippen MR) is 74.2 cm³/mol. The monoisotopic (exact) mass is 287 g/mol. The Morgan fingerprint density at radius 3 is 2.30 bits per heavy atom. The third-order valence-electron chi connectivity index (χ3n) is 2.77. The highest BCUT2D eigenvalue weighted by Crippen LogP contribution is 2.05. The van der Waals surface area contributed by atoms with Crippen molar-refractivity contribution in [2.45, 2.75) is 46.1 Å². The quantitative estimate of drug-likeness (QED) is 0.425. The number of amides is 1. The Labute approximate surface area is 119 Å². The van der Waals surface area contributed by atoms with Crippen molar-refractivity contribution in [3.63, 3.8) is 0 Å². The van der Waals surface area contributed by atoms with Crippen LogP contribution in [-0.4, -0.2) is 48.4 Å². The lowest BCUT2D eigenvalue weighted by atomic mass is 10.0. The Morgan fingerprint density at radius 2 is 1.80 bits per heavy atom. The van der Waals surface area contributed by atoms with Gasteiger partial charge in [-0.2, -0.15) is 0 Å². The summed E-state index contributed by atoms with van der Waals surface area (Å²) in [6.07, 6.45) is 1.78. The Balaban J connectivity index is 4.23. The Bertz CT molecular complexity index is 328. The van der Waals surface area contributed by atoms with Crippen molar-refractivity contribution >= 4 is 17.5 Å². The van der Waals surface area contributed by atoms with Crippen LogP contribution in [0.1, 0.15) is 40.0 Å². The molecule has 2 N–H and O–H groups in total. The molecule has 0 aromatic rings. The molecule has 0 saturated heterocycles. The van der Waals surface area contributed by atoms with Gasteiger partial charge in [-0.3, -0.25) is 14.4 Å². The third-order valence-corrected chi connectivity index (χ3v) is 2.77. The molecule has 1 amide bonds. The molecule has 0 saturated carbocycles. The van der Waals surface area contributed by atoms with E-state index < -0.39 is 17.6 Å². The summed E-state index contributed by atoms with van der Waals surface area (Å²) in [7, 11) is 0. The maximum Gasteiger partial charge on any atom is 0.223 e. The van der Waals surface area contributed by atoms with Gasteiger partial charge in [0.1, 0.15) is 0 Å². The molecule has 0 fully saturated rings. The van der Waals surface area contributed by atoms with Crippen LogP contribution in [0.15, 0.2) is 0 Å². The van der Waals surface area contributed by atoms with E-state index in [1.807, 2.05) is 0 Å². The zero-order chi connectivity index (χ0) is 15.5. The molecule has 0 bridgehead atoms. The number of hydrogen-bond donors (Lipinski definition) is 2. The number of unbranched alkanes of at least 4 members (excludes halogenated alkanes) is 1. The number of aliphatic hydroxyl groups is 1. The van der Waals surface area contributed by atoms with E-state index >= 15 is 0 Å². The highest BCUT2D eigenvalue weighted by atomic mass is 16.5. The smallest absolute Gasteiger partial charge is 0.223 e. The van der Waals surface area contributed by atoms with Crippen LogP contribution in [0.5, 0.6) is 0 Å². The molecule has 0 rings (SSSR count). The van der Waals surface area contributed by atoms with Crippen LogP contribution in [0.4, 0.5) is 0 Å². The van der Waals surface area contributed by atoms with Gasteiger partial charge in [-0.05, 0) is 19.3 Å². The van der Waals surface area contributed by atoms with Crippen LogP contribution in [0.25, 0.3) is 0 Å². The van der Waals surface area contributed by atoms with Crippen molar-refractivity contribution in [2.24, 2.45) is 5.92 Å². The van der Waals surface area contributed by atoms with Gasteiger partial charge in [-0.1, -0.05) is 13.8 Å². The molecule has 0 aliphatic carbocycles. The van der Waals surface area contributed by atoms with Gasteiger partial charge in [0.05, 0.1) is 19.3 Å². The number of ketones is 2. The van der Waals surface area contributed by atoms with Crippen molar-refractivity contribution in [1.82, 2.24) is 5.32 Å². The van der Waals surface area contributed by atoms with Crippen LogP contribution < -0.4 is 5.32 Å². The van der Waals surface area contributed by atoms with E-state index in [1.165, 1.54) is 6.92 Å². The second kappa shape index (κ2) is 10.5. The zero-order valence-electron chi connectivity index (χ0n) is 12.5. The number of hydrogen-bond acceptors (Lipinski definition) is 5. The summed E-state index contributed by atoms with van der Waals surface area (Å²) in [5, 5.41) is 11.2. The molecule has 0 aromatic heterocycles. The SMILES string of the molecule is CC(=O)C(=O)C(CCCCOCCO)NC(=O)C(C)C. The van der Waals surface area contributed by atoms with Gasteiger partial charge in [0, 0.05) is 19.4 Å². The highest BCUT2D eigenvalue weighted by molar-refractivity contribution is 6.38. The van der Waals surface area contributed by atoms with E-state index in [0.29, 0.717) is 32.5 Å². The summed E-state index contributed by atoms with van der Waals surface area (Å²) < 4.78 is 5.10. The van der Waals surface area contributed by atoms with E-state index in [0.717, 1.165) is 0 Å². The summed E-state index contributed by atoms with van der Waals surface area (Å²) in [4.78, 5) is 34.5. The van der Waals surface area contributed by atoms with Crippen molar-refractivity contribution < 1.29 is 24.2 Å². The van der Waals surface area contributed by atoms with Gasteiger partial charge in [-0.15, -0.1) is 0 Å². The van der Waals surface area contributed by atoms with Crippen molar-refractivity contribution in [2.75, 3.05) is 19.8 Å². The minimum absolute atomic E-state index is 0.0180. The summed E-state index contributed by atoms with van der Waals surface area (Å²) in [5.74, 6) is -1.57. The van der Waals surface area contributed by atoms with Gasteiger partial charge in [0.15, 0.2) is 5.78 Å². The van der Waals surface area contributed by atoms with Gasteiger partial charge < -0.3 is 15.2 Å². The standard InChI is InChI=1S/C14H25NO5/c1-10(2)14(19)15-12(13(18)11(3)17)6-4-5-8-20-9-7-16/h10,12,16H,4-9H2,1-3H3,(H,15,19). The number of carbonyl (C=O) groups is 3. The fourth-order valence-corrected chi connectivity index (χ4v) is 1.57. The first-order chi connectivity index (χ1) is 9.40. The maximum absolute atomic E-state index is 11.7. The predicted octanol–water partition coefficient (Wildman–Crippen LogP) is 0.464. The van der Waals surface area contributed by atoms with E-state index in [2.05, 4.69) is 5.32 Å². The van der Waals surface area contributed by atoms with Gasteiger partial charge >= 0.3 is 0 Å². The molecule has 0 heterocycles. The average Bonchev–Trinajstić information content (AvgIpc) is 2.39. The normalized spacial score (nSPS) is 12.2. The topological polar surface area (TPSA) is 92.7 Å². The molecule has 0 radical (unpaired) electrons. The fourth-order valence-electron chi connectivity index (χ4n) is 1.57. The summed E-state index contributed by atoms with van der Waals surface area (Å²) in [6.45, 7) is 5.43. The molecule has 1 atom stereocenters. The summed E-state index contributed by atoms with van der Waals surface area (Å²) >= 11 is 0. The van der Waals surface area contributed by atoms with Gasteiger partial charge in [0.2, 0.25) is 11.7 Å². The molecule has 1 unspecified atom stereocenters. The fraction of sp³-hybridized carbons (Fsp3) is 0.786. The first kappa shape index (κ1) is 18.7. The molecule has 0 spiro atoms. The van der Waals surface area contributed by atoms with Crippen LogP contribution in [0.2, 0.25) is 0 Å².